The summed E-state index contributed by atoms with van der Waals surface area (Å²) in [5.74, 6) is 1.71. The maximum atomic E-state index is 5.41. The van der Waals surface area contributed by atoms with Gasteiger partial charge in [-0.15, -0.1) is 0 Å². The van der Waals surface area contributed by atoms with E-state index in [1.54, 1.807) is 0 Å². The van der Waals surface area contributed by atoms with Crippen LogP contribution in [0, 0.1) is 6.92 Å². The zero-order valence-corrected chi connectivity index (χ0v) is 16.0. The molecule has 27 heavy (non-hydrogen) atoms. The number of nitrogens with zero attached hydrogens (tertiary/aromatic N) is 5. The van der Waals surface area contributed by atoms with Crippen molar-refractivity contribution in [1.29, 1.82) is 0 Å². The second kappa shape index (κ2) is 8.63. The predicted octanol–water partition coefficient (Wildman–Crippen LogP) is 1.75. The maximum absolute atomic E-state index is 5.41. The van der Waals surface area contributed by atoms with Gasteiger partial charge in [-0.25, -0.2) is 4.98 Å². The lowest BCUT2D eigenvalue weighted by molar-refractivity contribution is 0.122. The minimum absolute atomic E-state index is 0.433. The fourth-order valence-electron chi connectivity index (χ4n) is 3.72. The summed E-state index contributed by atoms with van der Waals surface area (Å²) in [6, 6.07) is 8.65. The van der Waals surface area contributed by atoms with E-state index in [0.29, 0.717) is 6.04 Å². The summed E-state index contributed by atoms with van der Waals surface area (Å²) in [6.45, 7) is 8.46. The van der Waals surface area contributed by atoms with Gasteiger partial charge < -0.3 is 19.9 Å². The monoisotopic (exact) mass is 368 g/mol. The first-order valence-corrected chi connectivity index (χ1v) is 9.83. The van der Waals surface area contributed by atoms with Crippen LogP contribution in [0.25, 0.3) is 0 Å². The third-order valence-corrected chi connectivity index (χ3v) is 5.19. The van der Waals surface area contributed by atoms with Gasteiger partial charge in [0.25, 0.3) is 0 Å². The molecular formula is C20H28N6O. The third-order valence-electron chi connectivity index (χ3n) is 5.19. The molecule has 2 aliphatic heterocycles. The van der Waals surface area contributed by atoms with E-state index < -0.39 is 0 Å². The fourth-order valence-corrected chi connectivity index (χ4v) is 3.72. The molecule has 2 aromatic rings. The van der Waals surface area contributed by atoms with Crippen LogP contribution in [-0.2, 0) is 11.2 Å². The van der Waals surface area contributed by atoms with Crippen LogP contribution in [0.15, 0.2) is 30.5 Å². The van der Waals surface area contributed by atoms with Gasteiger partial charge in [0.2, 0.25) is 5.95 Å². The molecule has 4 rings (SSSR count). The summed E-state index contributed by atoms with van der Waals surface area (Å²) in [6.07, 6.45) is 3.98. The molecule has 0 amide bonds. The number of anilines is 2. The van der Waals surface area contributed by atoms with Gasteiger partial charge >= 0.3 is 0 Å². The van der Waals surface area contributed by atoms with Crippen LogP contribution >= 0.6 is 0 Å². The van der Waals surface area contributed by atoms with Crippen molar-refractivity contribution < 1.29 is 4.74 Å². The Kier molecular flexibility index (Phi) is 5.79. The molecule has 0 aromatic carbocycles. The Balaban J connectivity index is 1.28. The molecule has 0 radical (unpaired) electrons. The third kappa shape index (κ3) is 4.93. The highest BCUT2D eigenvalue weighted by Crippen LogP contribution is 2.17. The van der Waals surface area contributed by atoms with Crippen molar-refractivity contribution in [2.75, 3.05) is 56.2 Å². The summed E-state index contributed by atoms with van der Waals surface area (Å²) in [5, 5.41) is 3.59. The number of likely N-dealkylation sites (tertiary alicyclic amines) is 1. The van der Waals surface area contributed by atoms with Crippen molar-refractivity contribution in [2.45, 2.75) is 25.8 Å². The molecule has 4 heterocycles. The number of hydrogen-bond acceptors (Lipinski definition) is 7. The van der Waals surface area contributed by atoms with Gasteiger partial charge in [-0.3, -0.25) is 4.98 Å². The summed E-state index contributed by atoms with van der Waals surface area (Å²) in [5.41, 5.74) is 2.27. The molecule has 2 fully saturated rings. The smallest absolute Gasteiger partial charge is 0.227 e. The largest absolute Gasteiger partial charge is 0.378 e. The Morgan fingerprint density at radius 3 is 2.89 bits per heavy atom. The summed E-state index contributed by atoms with van der Waals surface area (Å²) >= 11 is 0. The summed E-state index contributed by atoms with van der Waals surface area (Å²) < 4.78 is 5.41. The van der Waals surface area contributed by atoms with Gasteiger partial charge in [-0.05, 0) is 31.5 Å². The molecule has 2 aromatic heterocycles. The van der Waals surface area contributed by atoms with Gasteiger partial charge in [0, 0.05) is 62.8 Å². The molecule has 144 valence electrons. The average Bonchev–Trinajstić information content (AvgIpc) is 3.15. The van der Waals surface area contributed by atoms with E-state index in [1.165, 1.54) is 5.69 Å². The highest BCUT2D eigenvalue weighted by atomic mass is 16.5. The molecular weight excluding hydrogens is 340 g/mol. The van der Waals surface area contributed by atoms with Crippen molar-refractivity contribution in [3.8, 4) is 0 Å². The highest BCUT2D eigenvalue weighted by Gasteiger charge is 2.23. The van der Waals surface area contributed by atoms with E-state index in [4.69, 9.17) is 9.72 Å². The van der Waals surface area contributed by atoms with Crippen LogP contribution in [0.4, 0.5) is 11.8 Å². The van der Waals surface area contributed by atoms with E-state index in [9.17, 15) is 0 Å². The molecule has 0 saturated carbocycles. The van der Waals surface area contributed by atoms with Gasteiger partial charge in [0.15, 0.2) is 0 Å². The Bertz CT molecular complexity index is 749. The van der Waals surface area contributed by atoms with Crippen LogP contribution in [0.2, 0.25) is 0 Å². The first-order chi connectivity index (χ1) is 13.3. The molecule has 2 aliphatic rings. The van der Waals surface area contributed by atoms with E-state index in [1.807, 2.05) is 25.3 Å². The van der Waals surface area contributed by atoms with E-state index >= 15 is 0 Å². The van der Waals surface area contributed by atoms with Crippen molar-refractivity contribution in [3.05, 3.63) is 41.9 Å². The molecule has 7 heteroatoms. The number of rotatable bonds is 6. The van der Waals surface area contributed by atoms with Crippen LogP contribution in [0.1, 0.15) is 17.8 Å². The molecule has 0 spiro atoms. The minimum Gasteiger partial charge on any atom is -0.378 e. The topological polar surface area (TPSA) is 66.4 Å². The number of pyridine rings is 1. The zero-order valence-electron chi connectivity index (χ0n) is 16.0. The number of ether oxygens (including phenoxy) is 1. The van der Waals surface area contributed by atoms with Gasteiger partial charge in [-0.2, -0.15) is 4.98 Å². The van der Waals surface area contributed by atoms with Crippen molar-refractivity contribution in [3.63, 3.8) is 0 Å². The number of aromatic nitrogens is 3. The second-order valence-electron chi connectivity index (χ2n) is 7.29. The molecule has 1 N–H and O–H groups in total. The van der Waals surface area contributed by atoms with Crippen LogP contribution in [0.5, 0.6) is 0 Å². The Morgan fingerprint density at radius 1 is 1.15 bits per heavy atom. The maximum Gasteiger partial charge on any atom is 0.227 e. The van der Waals surface area contributed by atoms with Gasteiger partial charge in [0.1, 0.15) is 5.82 Å². The van der Waals surface area contributed by atoms with Crippen molar-refractivity contribution in [1.82, 2.24) is 19.9 Å². The molecule has 1 atom stereocenters. The van der Waals surface area contributed by atoms with E-state index in [0.717, 1.165) is 76.2 Å². The predicted molar refractivity (Wildman–Crippen MR) is 106 cm³/mol. The van der Waals surface area contributed by atoms with E-state index in [2.05, 4.69) is 37.2 Å². The van der Waals surface area contributed by atoms with E-state index in [-0.39, 0.29) is 0 Å². The first kappa shape index (κ1) is 18.1. The lowest BCUT2D eigenvalue weighted by atomic mass is 10.2. The molecule has 2 saturated heterocycles. The zero-order chi connectivity index (χ0) is 18.5. The SMILES string of the molecule is Cc1cccc(CCN2CCC(Nc3ccnc(N4CCOCC4)n3)C2)n1. The van der Waals surface area contributed by atoms with Crippen molar-refractivity contribution >= 4 is 11.8 Å². The second-order valence-corrected chi connectivity index (χ2v) is 7.29. The van der Waals surface area contributed by atoms with Gasteiger partial charge in [-0.1, -0.05) is 6.07 Å². The Labute approximate surface area is 160 Å². The summed E-state index contributed by atoms with van der Waals surface area (Å²) in [7, 11) is 0. The van der Waals surface area contributed by atoms with Crippen LogP contribution in [-0.4, -0.2) is 71.8 Å². The highest BCUT2D eigenvalue weighted by molar-refractivity contribution is 5.42. The van der Waals surface area contributed by atoms with Crippen molar-refractivity contribution in [2.24, 2.45) is 0 Å². The molecule has 1 unspecified atom stereocenters. The number of aryl methyl sites for hydroxylation is 1. The summed E-state index contributed by atoms with van der Waals surface area (Å²) in [4.78, 5) is 18.4. The van der Waals surface area contributed by atoms with Crippen LogP contribution < -0.4 is 10.2 Å². The number of hydrogen-bond donors (Lipinski definition) is 1. The average molecular weight is 368 g/mol. The number of nitrogens with one attached hydrogen (secondary N) is 1. The lowest BCUT2D eigenvalue weighted by Crippen LogP contribution is -2.37. The number of morpholine rings is 1. The lowest BCUT2D eigenvalue weighted by Gasteiger charge is -2.27. The molecule has 7 nitrogen and oxygen atoms in total. The normalized spacial score (nSPS) is 20.8. The first-order valence-electron chi connectivity index (χ1n) is 9.83. The van der Waals surface area contributed by atoms with Gasteiger partial charge in [0.05, 0.1) is 13.2 Å². The Morgan fingerprint density at radius 2 is 2.04 bits per heavy atom. The minimum atomic E-state index is 0.433. The molecule has 0 bridgehead atoms. The standard InChI is InChI=1S/C20H28N6O/c1-16-3-2-4-17(22-16)6-9-25-10-7-18(15-25)23-19-5-8-21-20(24-19)26-11-13-27-14-12-26/h2-5,8,18H,6-7,9-15H2,1H3,(H,21,23,24). The quantitative estimate of drug-likeness (QED) is 0.833. The Hall–Kier alpha value is -2.25. The fraction of sp³-hybridized carbons (Fsp3) is 0.550. The molecule has 0 aliphatic carbocycles. The van der Waals surface area contributed by atoms with Crippen LogP contribution in [0.3, 0.4) is 0 Å².